The molecule has 3 aromatic heterocycles. The van der Waals surface area contributed by atoms with Crippen molar-refractivity contribution in [1.29, 1.82) is 0 Å². The van der Waals surface area contributed by atoms with Gasteiger partial charge >= 0.3 is 6.09 Å². The van der Waals surface area contributed by atoms with Gasteiger partial charge in [-0.1, -0.05) is 30.3 Å². The Morgan fingerprint density at radius 1 is 1.08 bits per heavy atom. The quantitative estimate of drug-likeness (QED) is 0.340. The van der Waals surface area contributed by atoms with Crippen molar-refractivity contribution in [2.24, 2.45) is 0 Å². The van der Waals surface area contributed by atoms with Gasteiger partial charge in [0.15, 0.2) is 5.75 Å². The molecule has 3 heterocycles. The molecule has 1 N–H and O–H groups in total. The molecule has 1 aliphatic carbocycles. The van der Waals surface area contributed by atoms with Crippen molar-refractivity contribution in [3.05, 3.63) is 99.3 Å². The highest BCUT2D eigenvalue weighted by Gasteiger charge is 2.27. The molecule has 0 saturated carbocycles. The first-order valence-corrected chi connectivity index (χ1v) is 13.3. The van der Waals surface area contributed by atoms with Gasteiger partial charge in [-0.25, -0.2) is 14.8 Å². The summed E-state index contributed by atoms with van der Waals surface area (Å²) in [6.07, 6.45) is 8.15. The van der Waals surface area contributed by atoms with Gasteiger partial charge in [-0.05, 0) is 55.9 Å². The van der Waals surface area contributed by atoms with Crippen LogP contribution in [0.25, 0.3) is 0 Å². The Morgan fingerprint density at radius 3 is 2.62 bits per heavy atom. The molecule has 5 rings (SSSR count). The second kappa shape index (κ2) is 11.6. The Balaban J connectivity index is 1.24. The Kier molecular flexibility index (Phi) is 7.82. The first kappa shape index (κ1) is 25.0. The van der Waals surface area contributed by atoms with Gasteiger partial charge < -0.3 is 10.1 Å². The first-order chi connectivity index (χ1) is 18.1. The molecule has 1 aromatic carbocycles. The zero-order chi connectivity index (χ0) is 25.6. The van der Waals surface area contributed by atoms with Crippen LogP contribution in [0.1, 0.15) is 57.5 Å². The maximum atomic E-state index is 12.3. The number of aryl methyl sites for hydroxylation is 3. The van der Waals surface area contributed by atoms with E-state index in [0.29, 0.717) is 23.7 Å². The second-order valence-electron chi connectivity index (χ2n) is 9.26. The summed E-state index contributed by atoms with van der Waals surface area (Å²) in [5.74, 6) is 0.398. The molecule has 0 aliphatic heterocycles. The van der Waals surface area contributed by atoms with Crippen molar-refractivity contribution in [2.75, 3.05) is 0 Å². The fourth-order valence-electron chi connectivity index (χ4n) is 4.77. The smallest absolute Gasteiger partial charge is 0.406 e. The number of aromatic nitrogens is 4. The van der Waals surface area contributed by atoms with E-state index in [4.69, 9.17) is 9.72 Å². The zero-order valence-corrected chi connectivity index (χ0v) is 21.9. The predicted molar refractivity (Wildman–Crippen MR) is 142 cm³/mol. The Labute approximate surface area is 220 Å². The van der Waals surface area contributed by atoms with E-state index in [2.05, 4.69) is 55.5 Å². The Hall–Kier alpha value is -3.69. The minimum absolute atomic E-state index is 0.275. The SMILES string of the molecule is Cc1ncnc(C)c1OC(=O)NCc1ccc(CN(Cc2cncs2)C2CCCc3cccnc32)cc1. The van der Waals surface area contributed by atoms with Crippen molar-refractivity contribution in [3.8, 4) is 5.75 Å². The minimum Gasteiger partial charge on any atom is -0.406 e. The van der Waals surface area contributed by atoms with Crippen molar-refractivity contribution < 1.29 is 9.53 Å². The fourth-order valence-corrected chi connectivity index (χ4v) is 5.39. The summed E-state index contributed by atoms with van der Waals surface area (Å²) in [5.41, 5.74) is 7.92. The van der Waals surface area contributed by atoms with Crippen LogP contribution in [-0.2, 0) is 26.1 Å². The number of amides is 1. The third kappa shape index (κ3) is 6.18. The molecule has 4 aromatic rings. The number of nitrogens with zero attached hydrogens (tertiary/aromatic N) is 5. The average Bonchev–Trinajstić information content (AvgIpc) is 3.43. The molecule has 0 bridgehead atoms. The number of carbonyl (C=O) groups is 1. The van der Waals surface area contributed by atoms with Crippen LogP contribution in [0.5, 0.6) is 5.75 Å². The van der Waals surface area contributed by atoms with Crippen molar-refractivity contribution in [3.63, 3.8) is 0 Å². The number of hydrogen-bond donors (Lipinski definition) is 1. The summed E-state index contributed by atoms with van der Waals surface area (Å²) in [7, 11) is 0. The van der Waals surface area contributed by atoms with Gasteiger partial charge in [-0.15, -0.1) is 11.3 Å². The maximum absolute atomic E-state index is 12.3. The molecular formula is C28H30N6O2S. The van der Waals surface area contributed by atoms with Crippen molar-refractivity contribution in [2.45, 2.75) is 58.8 Å². The molecule has 190 valence electrons. The van der Waals surface area contributed by atoms with Crippen LogP contribution in [0.3, 0.4) is 0 Å². The lowest BCUT2D eigenvalue weighted by Gasteiger charge is -2.35. The zero-order valence-electron chi connectivity index (χ0n) is 21.1. The van der Waals surface area contributed by atoms with E-state index in [0.717, 1.165) is 37.9 Å². The molecule has 0 radical (unpaired) electrons. The van der Waals surface area contributed by atoms with E-state index in [1.54, 1.807) is 25.2 Å². The van der Waals surface area contributed by atoms with Crippen LogP contribution in [0.15, 0.2) is 60.6 Å². The Morgan fingerprint density at radius 2 is 1.86 bits per heavy atom. The number of thiazole rings is 1. The van der Waals surface area contributed by atoms with Crippen LogP contribution >= 0.6 is 11.3 Å². The number of fused-ring (bicyclic) bond motifs is 1. The summed E-state index contributed by atoms with van der Waals surface area (Å²) >= 11 is 1.69. The lowest BCUT2D eigenvalue weighted by molar-refractivity contribution is 0.158. The normalized spacial score (nSPS) is 14.8. The van der Waals surface area contributed by atoms with Gasteiger partial charge in [0.2, 0.25) is 0 Å². The molecule has 0 spiro atoms. The summed E-state index contributed by atoms with van der Waals surface area (Å²) in [6, 6.07) is 12.9. The topological polar surface area (TPSA) is 93.1 Å². The van der Waals surface area contributed by atoms with Gasteiger partial charge in [0, 0.05) is 36.9 Å². The van der Waals surface area contributed by atoms with Gasteiger partial charge in [0.25, 0.3) is 0 Å². The third-order valence-electron chi connectivity index (χ3n) is 6.65. The molecular weight excluding hydrogens is 484 g/mol. The molecule has 1 atom stereocenters. The van der Waals surface area contributed by atoms with Crippen LogP contribution < -0.4 is 10.1 Å². The molecule has 1 amide bonds. The van der Waals surface area contributed by atoms with Crippen LogP contribution in [0.4, 0.5) is 4.79 Å². The number of carbonyl (C=O) groups excluding carboxylic acids is 1. The number of ether oxygens (including phenoxy) is 1. The summed E-state index contributed by atoms with van der Waals surface area (Å²) < 4.78 is 5.43. The standard InChI is InChI=1S/C28H30N6O2S/c1-19-27(20(2)33-17-32-19)36-28(35)31-13-21-8-10-22(11-9-21)15-34(16-24-14-29-18-37-24)25-7-3-5-23-6-4-12-30-26(23)25/h4,6,8-12,14,17-18,25H,3,5,7,13,15-16H2,1-2H3,(H,31,35). The van der Waals surface area contributed by atoms with Crippen molar-refractivity contribution >= 4 is 17.4 Å². The summed E-state index contributed by atoms with van der Waals surface area (Å²) in [6.45, 7) is 5.59. The van der Waals surface area contributed by atoms with Gasteiger partial charge in [0.1, 0.15) is 6.33 Å². The van der Waals surface area contributed by atoms with E-state index < -0.39 is 6.09 Å². The highest BCUT2D eigenvalue weighted by atomic mass is 32.1. The molecule has 1 unspecified atom stereocenters. The first-order valence-electron chi connectivity index (χ1n) is 12.4. The number of benzene rings is 1. The van der Waals surface area contributed by atoms with Crippen LogP contribution in [0.2, 0.25) is 0 Å². The van der Waals surface area contributed by atoms with Gasteiger partial charge in [-0.2, -0.15) is 0 Å². The molecule has 37 heavy (non-hydrogen) atoms. The number of nitrogens with one attached hydrogen (secondary N) is 1. The maximum Gasteiger partial charge on any atom is 0.412 e. The summed E-state index contributed by atoms with van der Waals surface area (Å²) in [5, 5.41) is 2.81. The van der Waals surface area contributed by atoms with Crippen molar-refractivity contribution in [1.82, 2.24) is 30.2 Å². The van der Waals surface area contributed by atoms with E-state index in [9.17, 15) is 4.79 Å². The molecule has 1 aliphatic rings. The van der Waals surface area contributed by atoms with Gasteiger partial charge in [0.05, 0.1) is 28.6 Å². The number of hydrogen-bond acceptors (Lipinski definition) is 8. The lowest BCUT2D eigenvalue weighted by Crippen LogP contribution is -2.31. The second-order valence-corrected chi connectivity index (χ2v) is 10.2. The predicted octanol–water partition coefficient (Wildman–Crippen LogP) is 5.31. The van der Waals surface area contributed by atoms with E-state index in [1.165, 1.54) is 28.0 Å². The highest BCUT2D eigenvalue weighted by Crippen LogP contribution is 2.35. The summed E-state index contributed by atoms with van der Waals surface area (Å²) in [4.78, 5) is 33.3. The third-order valence-corrected chi connectivity index (χ3v) is 7.41. The largest absolute Gasteiger partial charge is 0.412 e. The monoisotopic (exact) mass is 514 g/mol. The van der Waals surface area contributed by atoms with Crippen LogP contribution in [-0.4, -0.2) is 30.9 Å². The molecule has 8 nitrogen and oxygen atoms in total. The van der Waals surface area contributed by atoms with Crippen LogP contribution in [0, 0.1) is 13.8 Å². The van der Waals surface area contributed by atoms with E-state index in [1.807, 2.05) is 24.0 Å². The number of rotatable bonds is 8. The number of pyridine rings is 1. The Bertz CT molecular complexity index is 1320. The lowest BCUT2D eigenvalue weighted by atomic mass is 9.90. The van der Waals surface area contributed by atoms with E-state index >= 15 is 0 Å². The average molecular weight is 515 g/mol. The molecule has 0 fully saturated rings. The highest BCUT2D eigenvalue weighted by molar-refractivity contribution is 7.09. The molecule has 0 saturated heterocycles. The fraction of sp³-hybridized carbons (Fsp3) is 0.321. The van der Waals surface area contributed by atoms with E-state index in [-0.39, 0.29) is 6.04 Å². The van der Waals surface area contributed by atoms with Gasteiger partial charge in [-0.3, -0.25) is 14.9 Å². The molecule has 9 heteroatoms. The minimum atomic E-state index is -0.524.